The molecular formula is C13H17FN2O6S. The van der Waals surface area contributed by atoms with Crippen molar-refractivity contribution in [3.05, 3.63) is 29.6 Å². The number of amides is 1. The lowest BCUT2D eigenvalue weighted by molar-refractivity contribution is -0.139. The number of sulfonamides is 1. The first-order valence-electron chi connectivity index (χ1n) is 6.44. The van der Waals surface area contributed by atoms with Gasteiger partial charge in [-0.3, -0.25) is 9.52 Å². The molecule has 0 aliphatic rings. The second-order valence-corrected chi connectivity index (χ2v) is 6.46. The quantitative estimate of drug-likeness (QED) is 0.626. The summed E-state index contributed by atoms with van der Waals surface area (Å²) in [5.74, 6) is -2.97. The normalized spacial score (nSPS) is 12.5. The first kappa shape index (κ1) is 18.8. The predicted molar refractivity (Wildman–Crippen MR) is 80.2 cm³/mol. The van der Waals surface area contributed by atoms with E-state index in [0.29, 0.717) is 0 Å². The summed E-state index contributed by atoms with van der Waals surface area (Å²) in [5.41, 5.74) is -0.471. The van der Waals surface area contributed by atoms with E-state index in [1.54, 1.807) is 0 Å². The average Bonchev–Trinajstić information content (AvgIpc) is 2.43. The van der Waals surface area contributed by atoms with Crippen LogP contribution < -0.4 is 10.0 Å². The summed E-state index contributed by atoms with van der Waals surface area (Å²) in [5, 5.41) is 11.3. The van der Waals surface area contributed by atoms with Crippen molar-refractivity contribution < 1.29 is 32.2 Å². The van der Waals surface area contributed by atoms with Crippen LogP contribution in [0.4, 0.5) is 10.1 Å². The number of methoxy groups -OCH3 is 1. The first-order valence-corrected chi connectivity index (χ1v) is 8.33. The fourth-order valence-corrected chi connectivity index (χ4v) is 2.30. The third-order valence-corrected chi connectivity index (χ3v) is 3.33. The molecule has 0 fully saturated rings. The molecule has 8 nitrogen and oxygen atoms in total. The molecule has 1 amide bonds. The Labute approximate surface area is 132 Å². The molecule has 0 aliphatic carbocycles. The molecule has 1 atom stereocenters. The number of carboxylic acids is 1. The van der Waals surface area contributed by atoms with Crippen LogP contribution in [-0.2, 0) is 19.6 Å². The SMILES string of the molecule is COCCC(NC(=O)c1cc(F)ccc1NS(C)(=O)=O)C(=O)O. The van der Waals surface area contributed by atoms with E-state index in [1.807, 2.05) is 0 Å². The van der Waals surface area contributed by atoms with E-state index >= 15 is 0 Å². The third-order valence-electron chi connectivity index (χ3n) is 2.74. The molecule has 1 unspecified atom stereocenters. The maximum Gasteiger partial charge on any atom is 0.326 e. The van der Waals surface area contributed by atoms with Gasteiger partial charge in [0, 0.05) is 20.1 Å². The Kier molecular flexibility index (Phi) is 6.46. The van der Waals surface area contributed by atoms with Crippen molar-refractivity contribution in [1.82, 2.24) is 5.32 Å². The number of hydrogen-bond acceptors (Lipinski definition) is 5. The number of rotatable bonds is 8. The van der Waals surface area contributed by atoms with E-state index in [4.69, 9.17) is 9.84 Å². The number of nitrogens with one attached hydrogen (secondary N) is 2. The average molecular weight is 348 g/mol. The molecule has 0 spiro atoms. The lowest BCUT2D eigenvalue weighted by atomic mass is 10.1. The standard InChI is InChI=1S/C13H17FN2O6S/c1-22-6-5-11(13(18)19)15-12(17)9-7-8(14)3-4-10(9)16-23(2,20)21/h3-4,7,11,16H,5-6H2,1-2H3,(H,15,17)(H,18,19). The zero-order valence-electron chi connectivity index (χ0n) is 12.5. The summed E-state index contributed by atoms with van der Waals surface area (Å²) < 4.78 is 42.7. The van der Waals surface area contributed by atoms with Crippen LogP contribution in [-0.4, -0.2) is 51.4 Å². The minimum atomic E-state index is -3.69. The maximum absolute atomic E-state index is 13.3. The van der Waals surface area contributed by atoms with E-state index in [1.165, 1.54) is 7.11 Å². The second kappa shape index (κ2) is 7.88. The van der Waals surface area contributed by atoms with Gasteiger partial charge in [0.1, 0.15) is 11.9 Å². The van der Waals surface area contributed by atoms with Crippen LogP contribution in [0.15, 0.2) is 18.2 Å². The molecule has 1 rings (SSSR count). The Bertz CT molecular complexity index is 692. The molecule has 1 aromatic rings. The Balaban J connectivity index is 3.05. The molecule has 0 saturated carbocycles. The van der Waals surface area contributed by atoms with E-state index in [2.05, 4.69) is 10.0 Å². The third kappa shape index (κ3) is 6.20. The molecule has 0 saturated heterocycles. The van der Waals surface area contributed by atoms with Crippen LogP contribution in [0.1, 0.15) is 16.8 Å². The Morgan fingerprint density at radius 2 is 2.04 bits per heavy atom. The number of ether oxygens (including phenoxy) is 1. The smallest absolute Gasteiger partial charge is 0.326 e. The molecule has 3 N–H and O–H groups in total. The molecular weight excluding hydrogens is 331 g/mol. The van der Waals surface area contributed by atoms with Crippen molar-refractivity contribution in [2.45, 2.75) is 12.5 Å². The van der Waals surface area contributed by atoms with Gasteiger partial charge >= 0.3 is 5.97 Å². The number of aliphatic carboxylic acids is 1. The van der Waals surface area contributed by atoms with Gasteiger partial charge < -0.3 is 15.2 Å². The van der Waals surface area contributed by atoms with Crippen molar-refractivity contribution in [3.8, 4) is 0 Å². The number of hydrogen-bond donors (Lipinski definition) is 3. The largest absolute Gasteiger partial charge is 0.480 e. The fraction of sp³-hybridized carbons (Fsp3) is 0.385. The molecule has 0 radical (unpaired) electrons. The molecule has 128 valence electrons. The van der Waals surface area contributed by atoms with Crippen LogP contribution in [0, 0.1) is 5.82 Å². The Morgan fingerprint density at radius 1 is 1.39 bits per heavy atom. The Hall–Kier alpha value is -2.20. The van der Waals surface area contributed by atoms with Crippen LogP contribution in [0.25, 0.3) is 0 Å². The molecule has 1 aromatic carbocycles. The zero-order valence-corrected chi connectivity index (χ0v) is 13.3. The van der Waals surface area contributed by atoms with Gasteiger partial charge in [-0.2, -0.15) is 0 Å². The molecule has 23 heavy (non-hydrogen) atoms. The van der Waals surface area contributed by atoms with Gasteiger partial charge in [-0.15, -0.1) is 0 Å². The molecule has 0 heterocycles. The lowest BCUT2D eigenvalue weighted by Crippen LogP contribution is -2.41. The summed E-state index contributed by atoms with van der Waals surface area (Å²) >= 11 is 0. The monoisotopic (exact) mass is 348 g/mol. The van der Waals surface area contributed by atoms with Crippen LogP contribution in [0.2, 0.25) is 0 Å². The number of carbonyl (C=O) groups excluding carboxylic acids is 1. The van der Waals surface area contributed by atoms with E-state index in [9.17, 15) is 22.4 Å². The highest BCUT2D eigenvalue weighted by molar-refractivity contribution is 7.92. The van der Waals surface area contributed by atoms with Crippen molar-refractivity contribution in [3.63, 3.8) is 0 Å². The summed E-state index contributed by atoms with van der Waals surface area (Å²) in [6, 6.07) is 1.62. The molecule has 0 bridgehead atoms. The van der Waals surface area contributed by atoms with Crippen molar-refractivity contribution in [2.75, 3.05) is 24.7 Å². The summed E-state index contributed by atoms with van der Waals surface area (Å²) in [6.07, 6.45) is 0.873. The molecule has 10 heteroatoms. The molecule has 0 aliphatic heterocycles. The highest BCUT2D eigenvalue weighted by Gasteiger charge is 2.23. The number of carbonyl (C=O) groups is 2. The van der Waals surface area contributed by atoms with Crippen molar-refractivity contribution in [2.24, 2.45) is 0 Å². The maximum atomic E-state index is 13.3. The highest BCUT2D eigenvalue weighted by atomic mass is 32.2. The number of halogens is 1. The summed E-state index contributed by atoms with van der Waals surface area (Å²) in [7, 11) is -2.32. The number of carboxylic acid groups (broad SMARTS) is 1. The predicted octanol–water partition coefficient (Wildman–Crippen LogP) is 0.417. The second-order valence-electron chi connectivity index (χ2n) is 4.71. The topological polar surface area (TPSA) is 122 Å². The minimum absolute atomic E-state index is 0.00171. The van der Waals surface area contributed by atoms with Crippen molar-refractivity contribution >= 4 is 27.6 Å². The summed E-state index contributed by atoms with van der Waals surface area (Å²) in [6.45, 7) is 0.0921. The zero-order chi connectivity index (χ0) is 17.6. The summed E-state index contributed by atoms with van der Waals surface area (Å²) in [4.78, 5) is 23.3. The van der Waals surface area contributed by atoms with Gasteiger partial charge in [0.15, 0.2) is 0 Å². The van der Waals surface area contributed by atoms with Gasteiger partial charge in [0.25, 0.3) is 5.91 Å². The van der Waals surface area contributed by atoms with Crippen LogP contribution >= 0.6 is 0 Å². The molecule has 0 aromatic heterocycles. The Morgan fingerprint density at radius 3 is 2.57 bits per heavy atom. The van der Waals surface area contributed by atoms with Gasteiger partial charge in [-0.25, -0.2) is 17.6 Å². The van der Waals surface area contributed by atoms with Gasteiger partial charge in [0.05, 0.1) is 17.5 Å². The van der Waals surface area contributed by atoms with Gasteiger partial charge in [-0.1, -0.05) is 0 Å². The lowest BCUT2D eigenvalue weighted by Gasteiger charge is -2.16. The van der Waals surface area contributed by atoms with Crippen LogP contribution in [0.5, 0.6) is 0 Å². The first-order chi connectivity index (χ1) is 10.6. The van der Waals surface area contributed by atoms with E-state index in [-0.39, 0.29) is 24.3 Å². The minimum Gasteiger partial charge on any atom is -0.480 e. The van der Waals surface area contributed by atoms with Gasteiger partial charge in [0.2, 0.25) is 10.0 Å². The van der Waals surface area contributed by atoms with E-state index in [0.717, 1.165) is 24.5 Å². The van der Waals surface area contributed by atoms with Crippen LogP contribution in [0.3, 0.4) is 0 Å². The number of anilines is 1. The number of benzene rings is 1. The highest BCUT2D eigenvalue weighted by Crippen LogP contribution is 2.18. The fourth-order valence-electron chi connectivity index (χ4n) is 1.72. The van der Waals surface area contributed by atoms with E-state index < -0.39 is 33.8 Å². The van der Waals surface area contributed by atoms with Gasteiger partial charge in [-0.05, 0) is 18.2 Å². The van der Waals surface area contributed by atoms with Crippen molar-refractivity contribution in [1.29, 1.82) is 0 Å².